The lowest BCUT2D eigenvalue weighted by Crippen LogP contribution is -2.56. The van der Waals surface area contributed by atoms with Crippen LogP contribution in [0.5, 0.6) is 0 Å². The predicted octanol–water partition coefficient (Wildman–Crippen LogP) is 0.374. The molecule has 0 aromatic carbocycles. The van der Waals surface area contributed by atoms with E-state index in [-0.39, 0.29) is 5.54 Å². The highest BCUT2D eigenvalue weighted by atomic mass is 15.1. The van der Waals surface area contributed by atoms with Crippen molar-refractivity contribution in [3.63, 3.8) is 0 Å². The Hall–Kier alpha value is -1.13. The van der Waals surface area contributed by atoms with Gasteiger partial charge in [0.1, 0.15) is 0 Å². The fourth-order valence-corrected chi connectivity index (χ4v) is 1.96. The highest BCUT2D eigenvalue weighted by Crippen LogP contribution is 2.23. The van der Waals surface area contributed by atoms with Crippen molar-refractivity contribution >= 4 is 0 Å². The number of imidazole rings is 1. The van der Waals surface area contributed by atoms with Gasteiger partial charge in [-0.15, -0.1) is 6.58 Å². The molecule has 0 radical (unpaired) electrons. The Bertz CT molecular complexity index is 285. The highest BCUT2D eigenvalue weighted by molar-refractivity contribution is 5.16. The van der Waals surface area contributed by atoms with Gasteiger partial charge in [-0.05, 0) is 6.42 Å². The van der Waals surface area contributed by atoms with E-state index in [0.29, 0.717) is 0 Å². The van der Waals surface area contributed by atoms with Gasteiger partial charge in [0.25, 0.3) is 0 Å². The van der Waals surface area contributed by atoms with Crippen LogP contribution in [-0.2, 0) is 5.54 Å². The second kappa shape index (κ2) is 3.94. The summed E-state index contributed by atoms with van der Waals surface area (Å²) < 4.78 is 0. The maximum absolute atomic E-state index is 4.07. The Morgan fingerprint density at radius 1 is 1.57 bits per heavy atom. The summed E-state index contributed by atoms with van der Waals surface area (Å²) in [4.78, 5) is 7.24. The average molecular weight is 192 g/mol. The number of piperazine rings is 1. The molecule has 0 aliphatic carbocycles. The molecule has 1 fully saturated rings. The lowest BCUT2D eigenvalue weighted by Gasteiger charge is -2.37. The van der Waals surface area contributed by atoms with Crippen molar-refractivity contribution in [2.45, 2.75) is 12.0 Å². The van der Waals surface area contributed by atoms with E-state index >= 15 is 0 Å². The van der Waals surface area contributed by atoms with Crippen LogP contribution in [0.4, 0.5) is 0 Å². The van der Waals surface area contributed by atoms with Gasteiger partial charge >= 0.3 is 0 Å². The number of hydrogen-bond donors (Lipinski definition) is 3. The fourth-order valence-electron chi connectivity index (χ4n) is 1.96. The van der Waals surface area contributed by atoms with Crippen LogP contribution < -0.4 is 10.6 Å². The summed E-state index contributed by atoms with van der Waals surface area (Å²) in [5, 5.41) is 6.92. The summed E-state index contributed by atoms with van der Waals surface area (Å²) in [5.74, 6) is 0. The van der Waals surface area contributed by atoms with E-state index in [2.05, 4.69) is 27.2 Å². The Morgan fingerprint density at radius 3 is 3.07 bits per heavy atom. The third-order valence-corrected chi connectivity index (χ3v) is 2.70. The van der Waals surface area contributed by atoms with Crippen molar-refractivity contribution in [1.29, 1.82) is 0 Å². The van der Waals surface area contributed by atoms with Gasteiger partial charge in [-0.1, -0.05) is 6.08 Å². The van der Waals surface area contributed by atoms with Gasteiger partial charge in [-0.25, -0.2) is 4.98 Å². The standard InChI is InChI=1S/C10H16N4/c1-2-3-10(7-11-4-5-14-10)9-6-12-8-13-9/h2,6,8,11,14H,1,3-5,7H2,(H,12,13). The minimum atomic E-state index is -0.0451. The minimum absolute atomic E-state index is 0.0451. The van der Waals surface area contributed by atoms with E-state index in [1.165, 1.54) is 0 Å². The Morgan fingerprint density at radius 2 is 2.50 bits per heavy atom. The van der Waals surface area contributed by atoms with Crippen molar-refractivity contribution in [3.05, 3.63) is 30.9 Å². The van der Waals surface area contributed by atoms with Gasteiger partial charge in [0.2, 0.25) is 0 Å². The quantitative estimate of drug-likeness (QED) is 0.607. The predicted molar refractivity (Wildman–Crippen MR) is 56.0 cm³/mol. The molecule has 1 saturated heterocycles. The Labute approximate surface area is 83.8 Å². The summed E-state index contributed by atoms with van der Waals surface area (Å²) in [6.07, 6.45) is 6.45. The largest absolute Gasteiger partial charge is 0.347 e. The highest BCUT2D eigenvalue weighted by Gasteiger charge is 2.33. The van der Waals surface area contributed by atoms with Crippen LogP contribution in [0.3, 0.4) is 0 Å². The first-order valence-electron chi connectivity index (χ1n) is 4.93. The summed E-state index contributed by atoms with van der Waals surface area (Å²) in [6, 6.07) is 0. The molecule has 0 spiro atoms. The first-order chi connectivity index (χ1) is 6.87. The monoisotopic (exact) mass is 192 g/mol. The van der Waals surface area contributed by atoms with Crippen LogP contribution in [0, 0.1) is 0 Å². The molecule has 1 unspecified atom stereocenters. The van der Waals surface area contributed by atoms with E-state index in [4.69, 9.17) is 0 Å². The van der Waals surface area contributed by atoms with E-state index in [0.717, 1.165) is 31.7 Å². The van der Waals surface area contributed by atoms with E-state index in [1.807, 2.05) is 12.3 Å². The molecular formula is C10H16N4. The number of aromatic amines is 1. The molecule has 1 aliphatic rings. The third kappa shape index (κ3) is 1.58. The second-order valence-corrected chi connectivity index (χ2v) is 3.64. The molecule has 1 aromatic heterocycles. The van der Waals surface area contributed by atoms with Gasteiger partial charge in [0.15, 0.2) is 0 Å². The van der Waals surface area contributed by atoms with Crippen molar-refractivity contribution in [1.82, 2.24) is 20.6 Å². The normalized spacial score (nSPS) is 27.4. The molecule has 76 valence electrons. The zero-order valence-corrected chi connectivity index (χ0v) is 8.21. The Balaban J connectivity index is 2.24. The zero-order valence-electron chi connectivity index (χ0n) is 8.21. The molecule has 2 heterocycles. The molecule has 0 amide bonds. The van der Waals surface area contributed by atoms with Crippen molar-refractivity contribution in [2.24, 2.45) is 0 Å². The SMILES string of the molecule is C=CCC1(c2cnc[nH]2)CNCCN1. The second-order valence-electron chi connectivity index (χ2n) is 3.64. The lowest BCUT2D eigenvalue weighted by atomic mass is 9.90. The van der Waals surface area contributed by atoms with Gasteiger partial charge in [0.05, 0.1) is 17.6 Å². The smallest absolute Gasteiger partial charge is 0.0922 e. The van der Waals surface area contributed by atoms with Gasteiger partial charge in [-0.2, -0.15) is 0 Å². The minimum Gasteiger partial charge on any atom is -0.347 e. The number of nitrogens with zero attached hydrogens (tertiary/aromatic N) is 1. The zero-order chi connectivity index (χ0) is 9.86. The number of hydrogen-bond acceptors (Lipinski definition) is 3. The topological polar surface area (TPSA) is 52.7 Å². The first kappa shape index (κ1) is 9.43. The summed E-state index contributed by atoms with van der Waals surface area (Å²) in [6.45, 7) is 6.73. The molecule has 1 aromatic rings. The number of rotatable bonds is 3. The molecular weight excluding hydrogens is 176 g/mol. The van der Waals surface area contributed by atoms with E-state index in [1.54, 1.807) is 6.33 Å². The maximum Gasteiger partial charge on any atom is 0.0922 e. The first-order valence-corrected chi connectivity index (χ1v) is 4.93. The van der Waals surface area contributed by atoms with Gasteiger partial charge in [0, 0.05) is 25.8 Å². The van der Waals surface area contributed by atoms with Crippen LogP contribution in [0.15, 0.2) is 25.2 Å². The van der Waals surface area contributed by atoms with Crippen molar-refractivity contribution in [3.8, 4) is 0 Å². The van der Waals surface area contributed by atoms with Crippen LogP contribution in [0.1, 0.15) is 12.1 Å². The molecule has 0 saturated carbocycles. The molecule has 4 nitrogen and oxygen atoms in total. The average Bonchev–Trinajstić information content (AvgIpc) is 2.73. The molecule has 1 aliphatic heterocycles. The van der Waals surface area contributed by atoms with E-state index < -0.39 is 0 Å². The lowest BCUT2D eigenvalue weighted by molar-refractivity contribution is 0.272. The molecule has 3 N–H and O–H groups in total. The molecule has 14 heavy (non-hydrogen) atoms. The number of aromatic nitrogens is 2. The fraction of sp³-hybridized carbons (Fsp3) is 0.500. The van der Waals surface area contributed by atoms with Crippen molar-refractivity contribution in [2.75, 3.05) is 19.6 Å². The summed E-state index contributed by atoms with van der Waals surface area (Å²) >= 11 is 0. The van der Waals surface area contributed by atoms with Gasteiger partial charge in [-0.3, -0.25) is 0 Å². The number of H-pyrrole nitrogens is 1. The van der Waals surface area contributed by atoms with Crippen LogP contribution in [0.25, 0.3) is 0 Å². The molecule has 4 heteroatoms. The Kier molecular flexibility index (Phi) is 2.65. The number of nitrogens with one attached hydrogen (secondary N) is 3. The summed E-state index contributed by atoms with van der Waals surface area (Å²) in [5.41, 5.74) is 1.08. The summed E-state index contributed by atoms with van der Waals surface area (Å²) in [7, 11) is 0. The van der Waals surface area contributed by atoms with Crippen LogP contribution in [-0.4, -0.2) is 29.6 Å². The third-order valence-electron chi connectivity index (χ3n) is 2.70. The maximum atomic E-state index is 4.07. The molecule has 0 bridgehead atoms. The van der Waals surface area contributed by atoms with Crippen LogP contribution >= 0.6 is 0 Å². The van der Waals surface area contributed by atoms with E-state index in [9.17, 15) is 0 Å². The van der Waals surface area contributed by atoms with Crippen molar-refractivity contribution < 1.29 is 0 Å². The van der Waals surface area contributed by atoms with Gasteiger partial charge < -0.3 is 15.6 Å². The molecule has 1 atom stereocenters. The van der Waals surface area contributed by atoms with Crippen LogP contribution in [0.2, 0.25) is 0 Å². The molecule has 2 rings (SSSR count).